The largest absolute Gasteiger partial charge is 0.357 e. The van der Waals surface area contributed by atoms with E-state index in [1.54, 1.807) is 0 Å². The van der Waals surface area contributed by atoms with Gasteiger partial charge in [0.25, 0.3) is 0 Å². The zero-order chi connectivity index (χ0) is 11.5. The summed E-state index contributed by atoms with van der Waals surface area (Å²) in [6.07, 6.45) is 6.65. The SMILES string of the molecule is CCN(C(=N)C(C)(C)C)C1CCCCC1. The van der Waals surface area contributed by atoms with E-state index in [1.807, 2.05) is 0 Å². The predicted molar refractivity (Wildman–Crippen MR) is 66.4 cm³/mol. The highest BCUT2D eigenvalue weighted by molar-refractivity contribution is 5.84. The summed E-state index contributed by atoms with van der Waals surface area (Å²) in [4.78, 5) is 2.32. The van der Waals surface area contributed by atoms with Crippen LogP contribution in [0.4, 0.5) is 0 Å². The molecule has 0 amide bonds. The molecule has 0 bridgehead atoms. The second-order valence-electron chi connectivity index (χ2n) is 5.68. The minimum Gasteiger partial charge on any atom is -0.357 e. The first-order valence-corrected chi connectivity index (χ1v) is 6.32. The molecule has 1 N–H and O–H groups in total. The summed E-state index contributed by atoms with van der Waals surface area (Å²) in [7, 11) is 0. The van der Waals surface area contributed by atoms with E-state index in [0.717, 1.165) is 12.4 Å². The van der Waals surface area contributed by atoms with Crippen LogP contribution in [0, 0.1) is 10.8 Å². The zero-order valence-electron chi connectivity index (χ0n) is 10.8. The van der Waals surface area contributed by atoms with Crippen molar-refractivity contribution in [3.63, 3.8) is 0 Å². The third-order valence-corrected chi connectivity index (χ3v) is 3.35. The van der Waals surface area contributed by atoms with Gasteiger partial charge in [0.15, 0.2) is 0 Å². The molecule has 1 saturated carbocycles. The van der Waals surface area contributed by atoms with E-state index in [9.17, 15) is 0 Å². The van der Waals surface area contributed by atoms with Crippen LogP contribution in [0.15, 0.2) is 0 Å². The Hall–Kier alpha value is -0.530. The molecule has 2 nitrogen and oxygen atoms in total. The minimum atomic E-state index is -0.00649. The molecule has 0 unspecified atom stereocenters. The van der Waals surface area contributed by atoms with E-state index in [1.165, 1.54) is 32.1 Å². The van der Waals surface area contributed by atoms with Crippen molar-refractivity contribution in [2.45, 2.75) is 65.8 Å². The summed E-state index contributed by atoms with van der Waals surface area (Å²) in [5, 5.41) is 8.26. The lowest BCUT2D eigenvalue weighted by Gasteiger charge is -2.39. The second kappa shape index (κ2) is 5.00. The van der Waals surface area contributed by atoms with E-state index in [4.69, 9.17) is 5.41 Å². The third-order valence-electron chi connectivity index (χ3n) is 3.35. The van der Waals surface area contributed by atoms with Gasteiger partial charge in [-0.25, -0.2) is 0 Å². The van der Waals surface area contributed by atoms with E-state index >= 15 is 0 Å². The quantitative estimate of drug-likeness (QED) is 0.546. The fraction of sp³-hybridized carbons (Fsp3) is 0.923. The molecular formula is C13H26N2. The number of nitrogens with one attached hydrogen (secondary N) is 1. The fourth-order valence-corrected chi connectivity index (χ4v) is 2.42. The average Bonchev–Trinajstić information content (AvgIpc) is 2.19. The molecule has 0 aromatic rings. The number of amidine groups is 1. The third kappa shape index (κ3) is 3.22. The second-order valence-corrected chi connectivity index (χ2v) is 5.68. The van der Waals surface area contributed by atoms with Crippen LogP contribution in [-0.2, 0) is 0 Å². The zero-order valence-corrected chi connectivity index (χ0v) is 10.8. The standard InChI is InChI=1S/C13H26N2/c1-5-15(12(14)13(2,3)4)11-9-7-6-8-10-11/h11,14H,5-10H2,1-4H3. The monoisotopic (exact) mass is 210 g/mol. The Kier molecular flexibility index (Phi) is 4.18. The lowest BCUT2D eigenvalue weighted by Crippen LogP contribution is -2.46. The first-order chi connectivity index (χ1) is 6.96. The Morgan fingerprint density at radius 1 is 1.20 bits per heavy atom. The molecular weight excluding hydrogens is 184 g/mol. The number of hydrogen-bond acceptors (Lipinski definition) is 1. The van der Waals surface area contributed by atoms with Gasteiger partial charge in [-0.1, -0.05) is 40.0 Å². The summed E-state index contributed by atoms with van der Waals surface area (Å²) < 4.78 is 0. The van der Waals surface area contributed by atoms with Crippen molar-refractivity contribution in [1.29, 1.82) is 5.41 Å². The maximum Gasteiger partial charge on any atom is 0.101 e. The van der Waals surface area contributed by atoms with Gasteiger partial charge in [-0.05, 0) is 19.8 Å². The van der Waals surface area contributed by atoms with Crippen LogP contribution in [0.1, 0.15) is 59.8 Å². The molecule has 0 aromatic carbocycles. The van der Waals surface area contributed by atoms with Gasteiger partial charge in [0.05, 0.1) is 0 Å². The van der Waals surface area contributed by atoms with Crippen molar-refractivity contribution < 1.29 is 0 Å². The van der Waals surface area contributed by atoms with Crippen LogP contribution in [0.3, 0.4) is 0 Å². The van der Waals surface area contributed by atoms with Crippen molar-refractivity contribution in [2.75, 3.05) is 6.54 Å². The molecule has 0 aromatic heterocycles. The summed E-state index contributed by atoms with van der Waals surface area (Å²) in [6, 6.07) is 0.635. The van der Waals surface area contributed by atoms with E-state index < -0.39 is 0 Å². The maximum absolute atomic E-state index is 8.26. The topological polar surface area (TPSA) is 27.1 Å². The van der Waals surface area contributed by atoms with E-state index in [-0.39, 0.29) is 5.41 Å². The van der Waals surface area contributed by atoms with Gasteiger partial charge in [-0.2, -0.15) is 0 Å². The van der Waals surface area contributed by atoms with Crippen LogP contribution in [0.25, 0.3) is 0 Å². The Balaban J connectivity index is 2.65. The molecule has 0 atom stereocenters. The highest BCUT2D eigenvalue weighted by Crippen LogP contribution is 2.26. The van der Waals surface area contributed by atoms with Gasteiger partial charge in [-0.15, -0.1) is 0 Å². The first kappa shape index (κ1) is 12.5. The van der Waals surface area contributed by atoms with Crippen molar-refractivity contribution in [1.82, 2.24) is 4.90 Å². The molecule has 0 heterocycles. The van der Waals surface area contributed by atoms with Crippen LogP contribution >= 0.6 is 0 Å². The highest BCUT2D eigenvalue weighted by atomic mass is 15.2. The van der Waals surface area contributed by atoms with Crippen molar-refractivity contribution in [2.24, 2.45) is 5.41 Å². The molecule has 1 aliphatic carbocycles. The molecule has 1 aliphatic rings. The molecule has 15 heavy (non-hydrogen) atoms. The molecule has 0 aliphatic heterocycles. The van der Waals surface area contributed by atoms with Crippen molar-refractivity contribution in [3.05, 3.63) is 0 Å². The van der Waals surface area contributed by atoms with Gasteiger partial charge in [0, 0.05) is 18.0 Å². The summed E-state index contributed by atoms with van der Waals surface area (Å²) in [6.45, 7) is 9.58. The lowest BCUT2D eigenvalue weighted by atomic mass is 9.89. The van der Waals surface area contributed by atoms with Gasteiger partial charge in [0.2, 0.25) is 0 Å². The van der Waals surface area contributed by atoms with Gasteiger partial charge < -0.3 is 4.90 Å². The molecule has 1 rings (SSSR count). The van der Waals surface area contributed by atoms with Crippen LogP contribution in [0.2, 0.25) is 0 Å². The van der Waals surface area contributed by atoms with E-state index in [2.05, 4.69) is 32.6 Å². The average molecular weight is 210 g/mol. The van der Waals surface area contributed by atoms with Crippen LogP contribution in [0.5, 0.6) is 0 Å². The van der Waals surface area contributed by atoms with Gasteiger partial charge in [0.1, 0.15) is 5.84 Å². The molecule has 88 valence electrons. The molecule has 0 radical (unpaired) electrons. The van der Waals surface area contributed by atoms with Crippen LogP contribution in [-0.4, -0.2) is 23.3 Å². The lowest BCUT2D eigenvalue weighted by molar-refractivity contribution is 0.233. The first-order valence-electron chi connectivity index (χ1n) is 6.32. The predicted octanol–water partition coefficient (Wildman–Crippen LogP) is 3.66. The number of hydrogen-bond donors (Lipinski definition) is 1. The molecule has 0 saturated heterocycles. The minimum absolute atomic E-state index is 0.00649. The summed E-state index contributed by atoms with van der Waals surface area (Å²) in [5.41, 5.74) is -0.00649. The number of rotatable bonds is 2. The summed E-state index contributed by atoms with van der Waals surface area (Å²) in [5.74, 6) is 0.817. The Labute approximate surface area is 94.6 Å². The van der Waals surface area contributed by atoms with Gasteiger partial charge >= 0.3 is 0 Å². The van der Waals surface area contributed by atoms with Crippen molar-refractivity contribution >= 4 is 5.84 Å². The van der Waals surface area contributed by atoms with Gasteiger partial charge in [-0.3, -0.25) is 5.41 Å². The maximum atomic E-state index is 8.26. The van der Waals surface area contributed by atoms with E-state index in [0.29, 0.717) is 6.04 Å². The Morgan fingerprint density at radius 2 is 1.73 bits per heavy atom. The molecule has 0 spiro atoms. The fourth-order valence-electron chi connectivity index (χ4n) is 2.42. The van der Waals surface area contributed by atoms with Crippen LogP contribution < -0.4 is 0 Å². The summed E-state index contributed by atoms with van der Waals surface area (Å²) >= 11 is 0. The normalized spacial score (nSPS) is 18.9. The highest BCUT2D eigenvalue weighted by Gasteiger charge is 2.28. The van der Waals surface area contributed by atoms with Crippen molar-refractivity contribution in [3.8, 4) is 0 Å². The molecule has 2 heteroatoms. The Bertz CT molecular complexity index is 209. The number of nitrogens with zero attached hydrogens (tertiary/aromatic N) is 1. The molecule has 1 fully saturated rings. The smallest absolute Gasteiger partial charge is 0.101 e. The Morgan fingerprint density at radius 3 is 2.13 bits per heavy atom.